The lowest BCUT2D eigenvalue weighted by Gasteiger charge is -2.65. The van der Waals surface area contributed by atoms with E-state index in [1.54, 1.807) is 12.1 Å². The summed E-state index contributed by atoms with van der Waals surface area (Å²) < 4.78 is 27.8. The molecule has 4 bridgehead atoms. The first-order chi connectivity index (χ1) is 18.8. The fourth-order valence-electron chi connectivity index (χ4n) is 9.17. The van der Waals surface area contributed by atoms with E-state index >= 15 is 0 Å². The largest absolute Gasteiger partial charge is 0.377 e. The minimum absolute atomic E-state index is 0.0265. The molecule has 0 spiro atoms. The predicted octanol–water partition coefficient (Wildman–Crippen LogP) is 4.16. The Hall–Kier alpha value is -2.88. The molecule has 10 heteroatoms. The van der Waals surface area contributed by atoms with Crippen molar-refractivity contribution in [3.05, 3.63) is 50.3 Å². The third-order valence-corrected chi connectivity index (χ3v) is 11.3. The van der Waals surface area contributed by atoms with E-state index < -0.39 is 20.9 Å². The van der Waals surface area contributed by atoms with Gasteiger partial charge in [-0.05, 0) is 100 Å². The molecule has 216 valence electrons. The molecule has 5 aliphatic carbocycles. The summed E-state index contributed by atoms with van der Waals surface area (Å²) in [6.45, 7) is 6.64. The fraction of sp³-hybridized carbons (Fsp3) is 0.633. The van der Waals surface area contributed by atoms with Crippen molar-refractivity contribution < 1.29 is 13.2 Å². The summed E-state index contributed by atoms with van der Waals surface area (Å²) in [6.07, 6.45) is 9.88. The first-order valence-electron chi connectivity index (χ1n) is 14.5. The van der Waals surface area contributed by atoms with Crippen LogP contribution in [0.1, 0.15) is 83.6 Å². The highest BCUT2D eigenvalue weighted by molar-refractivity contribution is 7.92. The summed E-state index contributed by atoms with van der Waals surface area (Å²) >= 11 is 0. The standard InChI is InChI=1S/C30H40N4O5S/c1-18-4-10-22(11-5-18)40(38,39)34-24-23(25(35)26(24)36)31-20-6-8-21(9-7-20)32-27(37)33-30-14-19-12-28(2,16-30)15-29(3,13-19)17-30/h4-5,10-11,19-21,31,34H,6-9,12-17H2,1-3H3,(H2,32,33,37). The number of sulfonamides is 1. The smallest absolute Gasteiger partial charge is 0.315 e. The van der Waals surface area contributed by atoms with Gasteiger partial charge in [-0.1, -0.05) is 31.5 Å². The van der Waals surface area contributed by atoms with Gasteiger partial charge in [0.15, 0.2) is 0 Å². The van der Waals surface area contributed by atoms with Crippen LogP contribution in [0.15, 0.2) is 38.8 Å². The maximum absolute atomic E-state index is 13.1. The van der Waals surface area contributed by atoms with Gasteiger partial charge < -0.3 is 16.0 Å². The van der Waals surface area contributed by atoms with Crippen LogP contribution in [0.5, 0.6) is 0 Å². The number of carbonyl (C=O) groups is 1. The maximum Gasteiger partial charge on any atom is 0.315 e. The van der Waals surface area contributed by atoms with Gasteiger partial charge in [-0.3, -0.25) is 14.3 Å². The van der Waals surface area contributed by atoms with Crippen LogP contribution in [-0.4, -0.2) is 32.1 Å². The average molecular weight is 569 g/mol. The van der Waals surface area contributed by atoms with Gasteiger partial charge in [0.1, 0.15) is 11.4 Å². The molecule has 7 rings (SSSR count). The third-order valence-electron chi connectivity index (χ3n) is 9.89. The summed E-state index contributed by atoms with van der Waals surface area (Å²) in [7, 11) is -3.99. The van der Waals surface area contributed by atoms with E-state index in [0.29, 0.717) is 29.6 Å². The molecule has 9 nitrogen and oxygen atoms in total. The molecule has 2 aromatic carbocycles. The molecule has 0 radical (unpaired) electrons. The van der Waals surface area contributed by atoms with Crippen LogP contribution in [0.2, 0.25) is 0 Å². The molecule has 0 aromatic heterocycles. The highest BCUT2D eigenvalue weighted by Crippen LogP contribution is 2.66. The molecular formula is C30H40N4O5S. The van der Waals surface area contributed by atoms with Gasteiger partial charge >= 0.3 is 6.03 Å². The molecule has 2 unspecified atom stereocenters. The normalized spacial score (nSPS) is 34.9. The Morgan fingerprint density at radius 1 is 0.825 bits per heavy atom. The number of amides is 2. The van der Waals surface area contributed by atoms with Crippen molar-refractivity contribution in [2.75, 3.05) is 10.0 Å². The molecule has 0 saturated heterocycles. The lowest BCUT2D eigenvalue weighted by Crippen LogP contribution is -2.66. The second-order valence-corrected chi connectivity index (χ2v) is 15.7. The van der Waals surface area contributed by atoms with Gasteiger partial charge in [0.25, 0.3) is 20.9 Å². The van der Waals surface area contributed by atoms with Crippen LogP contribution in [0.25, 0.3) is 0 Å². The molecule has 40 heavy (non-hydrogen) atoms. The van der Waals surface area contributed by atoms with E-state index in [9.17, 15) is 22.8 Å². The SMILES string of the molecule is Cc1ccc(S(=O)(=O)Nc2c(NC3CCC(NC(=O)NC45CC6CC(C)(CC(C)(C6)C4)C5)CC3)c(=O)c2=O)cc1. The van der Waals surface area contributed by atoms with Gasteiger partial charge in [-0.15, -0.1) is 0 Å². The van der Waals surface area contributed by atoms with Crippen molar-refractivity contribution in [3.8, 4) is 0 Å². The van der Waals surface area contributed by atoms with Crippen molar-refractivity contribution in [2.45, 2.75) is 107 Å². The minimum atomic E-state index is -3.99. The van der Waals surface area contributed by atoms with Crippen LogP contribution in [0.4, 0.5) is 16.2 Å². The van der Waals surface area contributed by atoms with E-state index in [-0.39, 0.29) is 39.9 Å². The molecule has 2 aromatic rings. The summed E-state index contributed by atoms with van der Waals surface area (Å²) in [6, 6.07) is 6.13. The highest BCUT2D eigenvalue weighted by atomic mass is 32.2. The number of benzene rings is 1. The number of hydrogen-bond acceptors (Lipinski definition) is 6. The van der Waals surface area contributed by atoms with E-state index in [4.69, 9.17) is 0 Å². The monoisotopic (exact) mass is 568 g/mol. The van der Waals surface area contributed by atoms with Crippen LogP contribution >= 0.6 is 0 Å². The Labute approximate surface area is 235 Å². The van der Waals surface area contributed by atoms with Crippen molar-refractivity contribution in [1.29, 1.82) is 0 Å². The Morgan fingerprint density at radius 2 is 1.40 bits per heavy atom. The zero-order valence-electron chi connectivity index (χ0n) is 23.6. The summed E-state index contributed by atoms with van der Waals surface area (Å²) in [5, 5.41) is 9.72. The van der Waals surface area contributed by atoms with Gasteiger partial charge in [-0.25, -0.2) is 13.2 Å². The molecule has 0 aliphatic heterocycles. The van der Waals surface area contributed by atoms with Gasteiger partial charge in [0.2, 0.25) is 0 Å². The first-order valence-corrected chi connectivity index (χ1v) is 16.0. The average Bonchev–Trinajstić information content (AvgIpc) is 2.84. The fourth-order valence-corrected chi connectivity index (χ4v) is 10.2. The number of rotatable bonds is 7. The molecule has 0 heterocycles. The minimum Gasteiger partial charge on any atom is -0.377 e. The Balaban J connectivity index is 1.03. The molecule has 2 atom stereocenters. The third kappa shape index (κ3) is 5.03. The van der Waals surface area contributed by atoms with Gasteiger partial charge in [0.05, 0.1) is 4.90 Å². The molecule has 5 aliphatic rings. The van der Waals surface area contributed by atoms with E-state index in [2.05, 4.69) is 34.5 Å². The van der Waals surface area contributed by atoms with Crippen molar-refractivity contribution in [2.24, 2.45) is 16.7 Å². The Morgan fingerprint density at radius 3 is 2.00 bits per heavy atom. The topological polar surface area (TPSA) is 133 Å². The summed E-state index contributed by atoms with van der Waals surface area (Å²) in [5.41, 5.74) is -0.258. The molecule has 2 amide bonds. The zero-order valence-corrected chi connectivity index (χ0v) is 24.4. The number of nitrogens with one attached hydrogen (secondary N) is 4. The maximum atomic E-state index is 13.1. The number of hydrogen-bond donors (Lipinski definition) is 4. The first kappa shape index (κ1) is 27.3. The van der Waals surface area contributed by atoms with E-state index in [0.717, 1.165) is 37.7 Å². The Bertz CT molecular complexity index is 1480. The summed E-state index contributed by atoms with van der Waals surface area (Å²) in [5.74, 6) is 0.703. The second-order valence-electron chi connectivity index (χ2n) is 14.0. The Kier molecular flexibility index (Phi) is 6.36. The number of urea groups is 1. The van der Waals surface area contributed by atoms with Crippen LogP contribution in [0.3, 0.4) is 0 Å². The quantitative estimate of drug-likeness (QED) is 0.371. The zero-order chi connectivity index (χ0) is 28.5. The van der Waals surface area contributed by atoms with E-state index in [1.807, 2.05) is 6.92 Å². The van der Waals surface area contributed by atoms with Crippen molar-refractivity contribution in [1.82, 2.24) is 10.6 Å². The predicted molar refractivity (Wildman–Crippen MR) is 155 cm³/mol. The van der Waals surface area contributed by atoms with Crippen molar-refractivity contribution in [3.63, 3.8) is 0 Å². The molecule has 5 fully saturated rings. The molecular weight excluding hydrogens is 528 g/mol. The van der Waals surface area contributed by atoms with Gasteiger partial charge in [-0.2, -0.15) is 0 Å². The van der Waals surface area contributed by atoms with E-state index in [1.165, 1.54) is 31.4 Å². The van der Waals surface area contributed by atoms with Gasteiger partial charge in [0, 0.05) is 17.6 Å². The molecule has 5 saturated carbocycles. The number of carbonyl (C=O) groups excluding carboxylic acids is 1. The van der Waals surface area contributed by atoms with Crippen LogP contribution in [0, 0.1) is 23.7 Å². The van der Waals surface area contributed by atoms with Crippen LogP contribution < -0.4 is 31.5 Å². The molecule has 4 N–H and O–H groups in total. The van der Waals surface area contributed by atoms with Crippen molar-refractivity contribution >= 4 is 27.4 Å². The highest BCUT2D eigenvalue weighted by Gasteiger charge is 2.60. The number of anilines is 2. The number of aryl methyl sites for hydroxylation is 1. The van der Waals surface area contributed by atoms with Crippen LogP contribution in [-0.2, 0) is 10.0 Å². The lowest BCUT2D eigenvalue weighted by molar-refractivity contribution is -0.113. The lowest BCUT2D eigenvalue weighted by atomic mass is 9.43. The summed E-state index contributed by atoms with van der Waals surface area (Å²) in [4.78, 5) is 37.7. The second kappa shape index (κ2) is 9.33.